The Morgan fingerprint density at radius 2 is 1.79 bits per heavy atom. The van der Waals surface area contributed by atoms with E-state index in [4.69, 9.17) is 27.9 Å². The second-order valence-electron chi connectivity index (χ2n) is 8.13. The van der Waals surface area contributed by atoms with Gasteiger partial charge in [-0.1, -0.05) is 53.0 Å². The molecule has 1 atom stereocenters. The number of rotatable bonds is 3. The number of benzene rings is 3. The monoisotopic (exact) mass is 479 g/mol. The normalized spacial score (nSPS) is 19.0. The van der Waals surface area contributed by atoms with E-state index < -0.39 is 17.7 Å². The number of ether oxygens (including phenoxy) is 1. The van der Waals surface area contributed by atoms with Gasteiger partial charge in [0.2, 0.25) is 0 Å². The zero-order chi connectivity index (χ0) is 23.3. The van der Waals surface area contributed by atoms with Crippen LogP contribution in [0.4, 0.5) is 5.69 Å². The van der Waals surface area contributed by atoms with Gasteiger partial charge in [0.1, 0.15) is 11.5 Å². The van der Waals surface area contributed by atoms with Crippen molar-refractivity contribution in [3.8, 4) is 5.75 Å². The first kappa shape index (κ1) is 21.6. The number of aryl methyl sites for hydroxylation is 1. The third-order valence-corrected chi connectivity index (χ3v) is 6.33. The molecule has 3 aromatic rings. The molecule has 1 amide bonds. The number of Topliss-reactive ketones (excluding diaryl/α,β-unsaturated/α-hetero) is 1. The van der Waals surface area contributed by atoms with Crippen LogP contribution in [0.15, 0.2) is 66.2 Å². The zero-order valence-corrected chi connectivity index (χ0v) is 19.2. The molecule has 2 heterocycles. The number of anilines is 1. The number of hydrogen-bond acceptors (Lipinski definition) is 4. The van der Waals surface area contributed by atoms with E-state index >= 15 is 0 Å². The molecule has 5 rings (SSSR count). The molecule has 2 aliphatic rings. The largest absolute Gasteiger partial charge is 0.507 e. The van der Waals surface area contributed by atoms with Crippen molar-refractivity contribution in [1.29, 1.82) is 0 Å². The maximum absolute atomic E-state index is 13.3. The standard InChI is InChI=1S/C26H19Cl2NO4/c1-14-3-2-4-16(9-14)23-22(24(30)17-5-6-21-15(10-17)7-8-33-21)25(31)26(32)29(23)20-12-18(27)11-19(28)13-20/h2-6,9-13,23,30H,7-8H2,1H3/b24-22-. The van der Waals surface area contributed by atoms with Crippen molar-refractivity contribution in [1.82, 2.24) is 0 Å². The van der Waals surface area contributed by atoms with E-state index in [2.05, 4.69) is 0 Å². The molecule has 0 bridgehead atoms. The van der Waals surface area contributed by atoms with E-state index in [1.54, 1.807) is 36.4 Å². The minimum atomic E-state index is -0.844. The van der Waals surface area contributed by atoms with Gasteiger partial charge in [0.15, 0.2) is 0 Å². The average Bonchev–Trinajstić information content (AvgIpc) is 3.34. The number of aliphatic hydroxyl groups is 1. The van der Waals surface area contributed by atoms with Gasteiger partial charge in [-0.25, -0.2) is 0 Å². The van der Waals surface area contributed by atoms with Crippen molar-refractivity contribution in [2.45, 2.75) is 19.4 Å². The summed E-state index contributed by atoms with van der Waals surface area (Å²) in [4.78, 5) is 27.9. The highest BCUT2D eigenvalue weighted by Gasteiger charge is 2.47. The molecule has 166 valence electrons. The van der Waals surface area contributed by atoms with Crippen LogP contribution >= 0.6 is 23.2 Å². The molecule has 1 saturated heterocycles. The summed E-state index contributed by atoms with van der Waals surface area (Å²) < 4.78 is 5.55. The first-order valence-corrected chi connectivity index (χ1v) is 11.2. The molecule has 7 heteroatoms. The molecule has 3 aromatic carbocycles. The third-order valence-electron chi connectivity index (χ3n) is 5.89. The van der Waals surface area contributed by atoms with Gasteiger partial charge in [0, 0.05) is 27.7 Å². The fourth-order valence-electron chi connectivity index (χ4n) is 4.42. The quantitative estimate of drug-likeness (QED) is 0.290. The van der Waals surface area contributed by atoms with Gasteiger partial charge < -0.3 is 9.84 Å². The number of carbonyl (C=O) groups is 2. The van der Waals surface area contributed by atoms with Crippen LogP contribution in [-0.2, 0) is 16.0 Å². The lowest BCUT2D eigenvalue weighted by atomic mass is 9.93. The minimum Gasteiger partial charge on any atom is -0.507 e. The van der Waals surface area contributed by atoms with E-state index in [0.29, 0.717) is 39.9 Å². The minimum absolute atomic E-state index is 0.0144. The van der Waals surface area contributed by atoms with Crippen molar-refractivity contribution in [2.24, 2.45) is 0 Å². The molecule has 0 aromatic heterocycles. The Balaban J connectivity index is 1.73. The van der Waals surface area contributed by atoms with Crippen molar-refractivity contribution >= 4 is 46.3 Å². The smallest absolute Gasteiger partial charge is 0.300 e. The lowest BCUT2D eigenvalue weighted by molar-refractivity contribution is -0.132. The van der Waals surface area contributed by atoms with Crippen molar-refractivity contribution in [3.63, 3.8) is 0 Å². The number of fused-ring (bicyclic) bond motifs is 1. The third kappa shape index (κ3) is 3.77. The van der Waals surface area contributed by atoms with Crippen LogP contribution in [-0.4, -0.2) is 23.4 Å². The number of hydrogen-bond donors (Lipinski definition) is 1. The lowest BCUT2D eigenvalue weighted by Gasteiger charge is -2.26. The number of nitrogens with zero attached hydrogens (tertiary/aromatic N) is 1. The van der Waals surface area contributed by atoms with Crippen LogP contribution in [0.1, 0.15) is 28.3 Å². The van der Waals surface area contributed by atoms with Crippen LogP contribution in [0.5, 0.6) is 5.75 Å². The Morgan fingerprint density at radius 1 is 1.03 bits per heavy atom. The molecule has 2 aliphatic heterocycles. The van der Waals surface area contributed by atoms with Crippen LogP contribution in [0, 0.1) is 6.92 Å². The fraction of sp³-hybridized carbons (Fsp3) is 0.154. The first-order chi connectivity index (χ1) is 15.8. The summed E-state index contributed by atoms with van der Waals surface area (Å²) in [5, 5.41) is 12.0. The van der Waals surface area contributed by atoms with Crippen molar-refractivity contribution < 1.29 is 19.4 Å². The van der Waals surface area contributed by atoms with Gasteiger partial charge in [0.25, 0.3) is 11.7 Å². The Hall–Kier alpha value is -3.28. The van der Waals surface area contributed by atoms with E-state index in [0.717, 1.165) is 16.9 Å². The molecule has 0 spiro atoms. The predicted octanol–water partition coefficient (Wildman–Crippen LogP) is 5.86. The van der Waals surface area contributed by atoms with E-state index in [1.165, 1.54) is 4.90 Å². The number of amides is 1. The highest BCUT2D eigenvalue weighted by atomic mass is 35.5. The first-order valence-electron chi connectivity index (χ1n) is 10.4. The molecule has 0 saturated carbocycles. The van der Waals surface area contributed by atoms with Crippen LogP contribution in [0.2, 0.25) is 10.0 Å². The molecule has 33 heavy (non-hydrogen) atoms. The second kappa shape index (κ2) is 8.25. The van der Waals surface area contributed by atoms with Crippen molar-refractivity contribution in [2.75, 3.05) is 11.5 Å². The Morgan fingerprint density at radius 3 is 2.52 bits per heavy atom. The number of halogens is 2. The van der Waals surface area contributed by atoms with E-state index in [9.17, 15) is 14.7 Å². The summed E-state index contributed by atoms with van der Waals surface area (Å²) in [5.41, 5.74) is 3.44. The van der Waals surface area contributed by atoms with Gasteiger partial charge in [-0.05, 0) is 54.4 Å². The number of carbonyl (C=O) groups excluding carboxylic acids is 2. The molecule has 0 radical (unpaired) electrons. The molecular weight excluding hydrogens is 461 g/mol. The summed E-state index contributed by atoms with van der Waals surface area (Å²) in [6.07, 6.45) is 0.715. The highest BCUT2D eigenvalue weighted by Crippen LogP contribution is 2.44. The summed E-state index contributed by atoms with van der Waals surface area (Å²) in [7, 11) is 0. The van der Waals surface area contributed by atoms with Gasteiger partial charge in [0.05, 0.1) is 18.2 Å². The Labute approximate surface area is 200 Å². The fourth-order valence-corrected chi connectivity index (χ4v) is 4.94. The molecule has 1 fully saturated rings. The highest BCUT2D eigenvalue weighted by molar-refractivity contribution is 6.52. The molecular formula is C26H19Cl2NO4. The van der Waals surface area contributed by atoms with Crippen LogP contribution < -0.4 is 9.64 Å². The van der Waals surface area contributed by atoms with Crippen LogP contribution in [0.25, 0.3) is 5.76 Å². The van der Waals surface area contributed by atoms with Gasteiger partial charge >= 0.3 is 0 Å². The van der Waals surface area contributed by atoms with Gasteiger partial charge in [-0.2, -0.15) is 0 Å². The number of aliphatic hydroxyl groups excluding tert-OH is 1. The van der Waals surface area contributed by atoms with Gasteiger partial charge in [-0.15, -0.1) is 0 Å². The van der Waals surface area contributed by atoms with E-state index in [1.807, 2.05) is 31.2 Å². The number of ketones is 1. The second-order valence-corrected chi connectivity index (χ2v) is 9.00. The summed E-state index contributed by atoms with van der Waals surface area (Å²) in [5.74, 6) is -1.00. The summed E-state index contributed by atoms with van der Waals surface area (Å²) in [6.45, 7) is 2.50. The Kier molecular flexibility index (Phi) is 5.39. The lowest BCUT2D eigenvalue weighted by Crippen LogP contribution is -2.29. The van der Waals surface area contributed by atoms with E-state index in [-0.39, 0.29) is 11.3 Å². The molecule has 1 unspecified atom stereocenters. The SMILES string of the molecule is Cc1cccc(C2/C(=C(/O)c3ccc4c(c3)CCO4)C(=O)C(=O)N2c2cc(Cl)cc(Cl)c2)c1. The zero-order valence-electron chi connectivity index (χ0n) is 17.6. The summed E-state index contributed by atoms with van der Waals surface area (Å²) in [6, 6.07) is 16.6. The molecule has 1 N–H and O–H groups in total. The van der Waals surface area contributed by atoms with Crippen molar-refractivity contribution in [3.05, 3.63) is 98.5 Å². The maximum atomic E-state index is 13.3. The molecule has 0 aliphatic carbocycles. The topological polar surface area (TPSA) is 66.8 Å². The van der Waals surface area contributed by atoms with Gasteiger partial charge in [-0.3, -0.25) is 14.5 Å². The summed E-state index contributed by atoms with van der Waals surface area (Å²) >= 11 is 12.4. The molecule has 5 nitrogen and oxygen atoms in total. The Bertz CT molecular complexity index is 1330. The maximum Gasteiger partial charge on any atom is 0.300 e. The predicted molar refractivity (Wildman–Crippen MR) is 128 cm³/mol. The van der Waals surface area contributed by atoms with Crippen LogP contribution in [0.3, 0.4) is 0 Å². The average molecular weight is 480 g/mol.